The fourth-order valence-electron chi connectivity index (χ4n) is 3.36. The van der Waals surface area contributed by atoms with E-state index in [2.05, 4.69) is 21.4 Å². The summed E-state index contributed by atoms with van der Waals surface area (Å²) in [5.41, 5.74) is -0.472. The van der Waals surface area contributed by atoms with Gasteiger partial charge in [0, 0.05) is 24.5 Å². The van der Waals surface area contributed by atoms with E-state index in [4.69, 9.17) is 4.74 Å². The molecule has 1 fully saturated rings. The van der Waals surface area contributed by atoms with Gasteiger partial charge in [-0.3, -0.25) is 9.69 Å². The largest absolute Gasteiger partial charge is 0.496 e. The first-order valence-corrected chi connectivity index (χ1v) is 9.07. The summed E-state index contributed by atoms with van der Waals surface area (Å²) in [6.07, 6.45) is 1.96. The van der Waals surface area contributed by atoms with E-state index >= 15 is 0 Å². The van der Waals surface area contributed by atoms with Gasteiger partial charge in [-0.1, -0.05) is 13.8 Å². The Kier molecular flexibility index (Phi) is 5.37. The van der Waals surface area contributed by atoms with Crippen molar-refractivity contribution in [2.24, 2.45) is 11.3 Å². The first-order chi connectivity index (χ1) is 13.8. The van der Waals surface area contributed by atoms with E-state index in [1.807, 2.05) is 13.8 Å². The Morgan fingerprint density at radius 2 is 2.17 bits per heavy atom. The zero-order chi connectivity index (χ0) is 21.2. The van der Waals surface area contributed by atoms with E-state index < -0.39 is 11.4 Å². The van der Waals surface area contributed by atoms with Crippen LogP contribution in [0.25, 0.3) is 0 Å². The van der Waals surface area contributed by atoms with Crippen molar-refractivity contribution in [1.29, 1.82) is 5.26 Å². The highest BCUT2D eigenvalue weighted by Gasteiger charge is 2.50. The molecule has 2 aromatic rings. The molecular weight excluding hydrogens is 374 g/mol. The van der Waals surface area contributed by atoms with Crippen LogP contribution in [0, 0.1) is 22.7 Å². The van der Waals surface area contributed by atoms with Crippen molar-refractivity contribution < 1.29 is 19.4 Å². The van der Waals surface area contributed by atoms with Crippen LogP contribution in [-0.2, 0) is 4.79 Å². The van der Waals surface area contributed by atoms with Crippen molar-refractivity contribution in [2.45, 2.75) is 20.3 Å². The molecule has 1 aromatic carbocycles. The highest BCUT2D eigenvalue weighted by atomic mass is 16.5. The number of benzene rings is 1. The van der Waals surface area contributed by atoms with E-state index in [0.717, 1.165) is 0 Å². The van der Waals surface area contributed by atoms with Gasteiger partial charge in [0.05, 0.1) is 13.2 Å². The number of aromatic nitrogens is 2. The summed E-state index contributed by atoms with van der Waals surface area (Å²) in [6.45, 7) is 4.14. The fraction of sp³-hybridized carbons (Fsp3) is 0.350. The van der Waals surface area contributed by atoms with Gasteiger partial charge in [-0.25, -0.2) is 9.78 Å². The number of anilines is 3. The number of carboxylic acids is 1. The molecule has 0 bridgehead atoms. The number of ether oxygens (including phenoxy) is 1. The van der Waals surface area contributed by atoms with Crippen LogP contribution in [0.15, 0.2) is 30.5 Å². The Labute approximate surface area is 168 Å². The maximum Gasteiger partial charge on any atom is 0.339 e. The van der Waals surface area contributed by atoms with Crippen LogP contribution in [-0.4, -0.2) is 40.6 Å². The maximum absolute atomic E-state index is 12.9. The molecule has 0 aliphatic carbocycles. The molecule has 3 rings (SSSR count). The van der Waals surface area contributed by atoms with Crippen LogP contribution in [0.4, 0.5) is 17.5 Å². The third-order valence-electron chi connectivity index (χ3n) is 5.15. The molecular formula is C20H21N5O4. The van der Waals surface area contributed by atoms with Crippen LogP contribution >= 0.6 is 0 Å². The second-order valence-electron chi connectivity index (χ2n) is 7.03. The van der Waals surface area contributed by atoms with Gasteiger partial charge in [0.2, 0.25) is 11.9 Å². The van der Waals surface area contributed by atoms with Gasteiger partial charge in [-0.05, 0) is 30.5 Å². The molecule has 150 valence electrons. The summed E-state index contributed by atoms with van der Waals surface area (Å²) >= 11 is 0. The summed E-state index contributed by atoms with van der Waals surface area (Å²) in [4.78, 5) is 34.2. The normalized spacial score (nSPS) is 18.6. The summed E-state index contributed by atoms with van der Waals surface area (Å²) < 4.78 is 5.12. The molecule has 1 aliphatic heterocycles. The number of carbonyl (C=O) groups is 2. The average molecular weight is 395 g/mol. The number of hydrogen-bond donors (Lipinski definition) is 2. The Bertz CT molecular complexity index is 1000. The maximum atomic E-state index is 12.9. The van der Waals surface area contributed by atoms with Gasteiger partial charge >= 0.3 is 5.97 Å². The molecule has 9 nitrogen and oxygen atoms in total. The van der Waals surface area contributed by atoms with Crippen molar-refractivity contribution in [3.05, 3.63) is 36.0 Å². The predicted molar refractivity (Wildman–Crippen MR) is 105 cm³/mol. The van der Waals surface area contributed by atoms with Gasteiger partial charge in [-0.15, -0.1) is 0 Å². The van der Waals surface area contributed by atoms with Crippen molar-refractivity contribution in [3.8, 4) is 11.8 Å². The number of rotatable bonds is 6. The predicted octanol–water partition coefficient (Wildman–Crippen LogP) is 2.83. The lowest BCUT2D eigenvalue weighted by molar-refractivity contribution is -0.124. The zero-order valence-electron chi connectivity index (χ0n) is 16.3. The number of nitriles is 1. The molecule has 1 aromatic heterocycles. The summed E-state index contributed by atoms with van der Waals surface area (Å²) in [5, 5.41) is 21.7. The number of amides is 1. The molecule has 9 heteroatoms. The number of methoxy groups -OCH3 is 1. The second-order valence-corrected chi connectivity index (χ2v) is 7.03. The summed E-state index contributed by atoms with van der Waals surface area (Å²) in [7, 11) is 1.39. The van der Waals surface area contributed by atoms with Gasteiger partial charge in [-0.2, -0.15) is 10.2 Å². The molecule has 1 saturated heterocycles. The van der Waals surface area contributed by atoms with Crippen LogP contribution in [0.2, 0.25) is 0 Å². The number of carbonyl (C=O) groups excluding carboxylic acids is 1. The summed E-state index contributed by atoms with van der Waals surface area (Å²) in [5.74, 6) is -0.620. The first kappa shape index (κ1) is 20.1. The van der Waals surface area contributed by atoms with Crippen LogP contribution < -0.4 is 15.0 Å². The lowest BCUT2D eigenvalue weighted by Crippen LogP contribution is -2.37. The Morgan fingerprint density at radius 3 is 2.76 bits per heavy atom. The minimum atomic E-state index is -1.09. The lowest BCUT2D eigenvalue weighted by atomic mass is 9.77. The summed E-state index contributed by atoms with van der Waals surface area (Å²) in [6, 6.07) is 8.33. The molecule has 2 N–H and O–H groups in total. The minimum absolute atomic E-state index is 0.0388. The van der Waals surface area contributed by atoms with Crippen LogP contribution in [0.1, 0.15) is 30.6 Å². The molecule has 29 heavy (non-hydrogen) atoms. The quantitative estimate of drug-likeness (QED) is 0.764. The molecule has 1 aliphatic rings. The van der Waals surface area contributed by atoms with E-state index in [1.54, 1.807) is 12.1 Å². The Morgan fingerprint density at radius 1 is 1.41 bits per heavy atom. The van der Waals surface area contributed by atoms with Crippen molar-refractivity contribution in [1.82, 2.24) is 9.97 Å². The Balaban J connectivity index is 1.85. The third-order valence-corrected chi connectivity index (χ3v) is 5.15. The lowest BCUT2D eigenvalue weighted by Gasteiger charge is -2.24. The SMILES string of the molecule is COc1cc(Nc2nccc(N3CC[C@@](C#N)(C(C)C)C3=O)n2)ccc1C(=O)O. The van der Waals surface area contributed by atoms with E-state index in [9.17, 15) is 20.0 Å². The monoisotopic (exact) mass is 395 g/mol. The molecule has 0 unspecified atom stereocenters. The van der Waals surface area contributed by atoms with E-state index in [1.165, 1.54) is 30.3 Å². The molecule has 1 amide bonds. The highest BCUT2D eigenvalue weighted by Crippen LogP contribution is 2.40. The molecule has 0 spiro atoms. The number of nitrogens with zero attached hydrogens (tertiary/aromatic N) is 4. The van der Waals surface area contributed by atoms with E-state index in [-0.39, 0.29) is 29.1 Å². The number of aromatic carboxylic acids is 1. The molecule has 2 heterocycles. The average Bonchev–Trinajstić information content (AvgIpc) is 3.05. The van der Waals surface area contributed by atoms with Crippen LogP contribution in [0.3, 0.4) is 0 Å². The fourth-order valence-corrected chi connectivity index (χ4v) is 3.36. The third kappa shape index (κ3) is 3.57. The topological polar surface area (TPSA) is 128 Å². The van der Waals surface area contributed by atoms with Crippen LogP contribution in [0.5, 0.6) is 5.75 Å². The van der Waals surface area contributed by atoms with Gasteiger partial charge in [0.15, 0.2) is 0 Å². The smallest absolute Gasteiger partial charge is 0.339 e. The van der Waals surface area contributed by atoms with Gasteiger partial charge in [0.1, 0.15) is 22.5 Å². The highest BCUT2D eigenvalue weighted by molar-refractivity contribution is 6.01. The van der Waals surface area contributed by atoms with Crippen molar-refractivity contribution >= 4 is 29.3 Å². The first-order valence-electron chi connectivity index (χ1n) is 9.07. The standard InChI is InChI=1S/C20H21N5O4/c1-12(2)20(11-21)7-9-25(18(20)28)16-6-8-22-19(24-16)23-13-4-5-14(17(26)27)15(10-13)29-3/h4-6,8,10,12H,7,9H2,1-3H3,(H,26,27)(H,22,23,24)/t20-/m1/s1. The molecule has 0 radical (unpaired) electrons. The zero-order valence-corrected chi connectivity index (χ0v) is 16.3. The number of hydrogen-bond acceptors (Lipinski definition) is 7. The molecule has 1 atom stereocenters. The van der Waals surface area contributed by atoms with Crippen molar-refractivity contribution in [2.75, 3.05) is 23.9 Å². The second kappa shape index (κ2) is 7.75. The van der Waals surface area contributed by atoms with Crippen molar-refractivity contribution in [3.63, 3.8) is 0 Å². The minimum Gasteiger partial charge on any atom is -0.496 e. The molecule has 0 saturated carbocycles. The number of carboxylic acid groups (broad SMARTS) is 1. The van der Waals surface area contributed by atoms with Gasteiger partial charge in [0.25, 0.3) is 0 Å². The number of nitrogens with one attached hydrogen (secondary N) is 1. The van der Waals surface area contributed by atoms with E-state index in [0.29, 0.717) is 24.5 Å². The Hall–Kier alpha value is -3.67. The van der Waals surface area contributed by atoms with Gasteiger partial charge < -0.3 is 15.2 Å².